The summed E-state index contributed by atoms with van der Waals surface area (Å²) < 4.78 is 25.3. The highest BCUT2D eigenvalue weighted by Crippen LogP contribution is 2.33. The van der Waals surface area contributed by atoms with E-state index >= 15 is 0 Å². The summed E-state index contributed by atoms with van der Waals surface area (Å²) in [6, 6.07) is 18.1. The Morgan fingerprint density at radius 1 is 1.10 bits per heavy atom. The predicted molar refractivity (Wildman–Crippen MR) is 169 cm³/mol. The molecule has 9 nitrogen and oxygen atoms in total. The van der Waals surface area contributed by atoms with Crippen LogP contribution in [0.25, 0.3) is 33.5 Å². The summed E-state index contributed by atoms with van der Waals surface area (Å²) in [5.41, 5.74) is 1.52. The zero-order chi connectivity index (χ0) is 28.4. The number of esters is 1. The Labute approximate surface area is 256 Å². The van der Waals surface area contributed by atoms with Crippen LogP contribution in [-0.2, 0) is 9.53 Å². The molecule has 2 heterocycles. The van der Waals surface area contributed by atoms with Gasteiger partial charge in [-0.25, -0.2) is 9.78 Å². The minimum atomic E-state index is -0.756. The van der Waals surface area contributed by atoms with Gasteiger partial charge in [0.15, 0.2) is 11.9 Å². The number of nitrogens with zero attached hydrogens (tertiary/aromatic N) is 3. The van der Waals surface area contributed by atoms with Crippen LogP contribution in [0.15, 0.2) is 75.0 Å². The third kappa shape index (κ3) is 5.57. The van der Waals surface area contributed by atoms with Crippen LogP contribution in [0.1, 0.15) is 19.4 Å². The molecule has 0 N–H and O–H groups in total. The maximum absolute atomic E-state index is 13.6. The summed E-state index contributed by atoms with van der Waals surface area (Å²) in [4.78, 5) is 30.4. The van der Waals surface area contributed by atoms with E-state index in [2.05, 4.69) is 50.3 Å². The lowest BCUT2D eigenvalue weighted by atomic mass is 10.2. The summed E-state index contributed by atoms with van der Waals surface area (Å²) in [5.74, 6) is 1.42. The number of para-hydroxylation sites is 1. The summed E-state index contributed by atoms with van der Waals surface area (Å²) >= 11 is 4.28. The van der Waals surface area contributed by atoms with E-state index < -0.39 is 12.1 Å². The van der Waals surface area contributed by atoms with Crippen LogP contribution < -0.4 is 15.0 Å². The van der Waals surface area contributed by atoms with Gasteiger partial charge < -0.3 is 18.6 Å². The first-order chi connectivity index (χ1) is 19.3. The monoisotopic (exact) mass is 763 g/mol. The Kier molecular flexibility index (Phi) is 8.40. The topological polar surface area (TPSA) is 105 Å². The molecule has 0 fully saturated rings. The maximum atomic E-state index is 13.6. The van der Waals surface area contributed by atoms with E-state index in [4.69, 9.17) is 23.6 Å². The number of aromatic nitrogens is 2. The Balaban J connectivity index is 1.57. The van der Waals surface area contributed by atoms with E-state index in [9.17, 15) is 9.59 Å². The highest BCUT2D eigenvalue weighted by molar-refractivity contribution is 14.1. The number of hydrogen-bond acceptors (Lipinski definition) is 8. The second kappa shape index (κ2) is 12.0. The normalized spacial score (nSPS) is 12.2. The van der Waals surface area contributed by atoms with Crippen LogP contribution in [0, 0.1) is 7.14 Å². The zero-order valence-corrected chi connectivity index (χ0v) is 26.0. The number of halogens is 2. The lowest BCUT2D eigenvalue weighted by Gasteiger charge is -2.16. The van der Waals surface area contributed by atoms with Crippen molar-refractivity contribution in [1.82, 2.24) is 9.66 Å². The van der Waals surface area contributed by atoms with Crippen LogP contribution in [0.5, 0.6) is 11.5 Å². The Morgan fingerprint density at radius 3 is 2.58 bits per heavy atom. The van der Waals surface area contributed by atoms with E-state index in [1.54, 1.807) is 51.4 Å². The van der Waals surface area contributed by atoms with Crippen LogP contribution in [-0.4, -0.2) is 41.7 Å². The first kappa shape index (κ1) is 28.1. The van der Waals surface area contributed by atoms with Crippen molar-refractivity contribution in [2.24, 2.45) is 5.10 Å². The van der Waals surface area contributed by atoms with E-state index in [1.807, 2.05) is 36.4 Å². The van der Waals surface area contributed by atoms with Crippen molar-refractivity contribution in [3.05, 3.63) is 83.7 Å². The average molecular weight is 763 g/mol. The number of rotatable bonds is 8. The van der Waals surface area contributed by atoms with Crippen molar-refractivity contribution < 1.29 is 23.4 Å². The molecule has 5 aromatic rings. The van der Waals surface area contributed by atoms with Crippen LogP contribution in [0.4, 0.5) is 0 Å². The van der Waals surface area contributed by atoms with E-state index in [0.717, 1.165) is 18.1 Å². The van der Waals surface area contributed by atoms with Crippen molar-refractivity contribution in [2.45, 2.75) is 20.0 Å². The van der Waals surface area contributed by atoms with Crippen molar-refractivity contribution in [3.8, 4) is 23.1 Å². The number of carbonyl (C=O) groups is 1. The fourth-order valence-electron chi connectivity index (χ4n) is 4.09. The molecular formula is C29H23I2N3O6. The molecule has 0 bridgehead atoms. The molecule has 11 heteroatoms. The second-order valence-electron chi connectivity index (χ2n) is 8.62. The molecule has 0 aliphatic rings. The molecule has 0 aliphatic heterocycles. The van der Waals surface area contributed by atoms with Crippen LogP contribution >= 0.6 is 45.2 Å². The highest BCUT2D eigenvalue weighted by atomic mass is 127. The minimum Gasteiger partial charge on any atom is -0.496 e. The molecule has 0 aliphatic carbocycles. The molecule has 0 saturated carbocycles. The summed E-state index contributed by atoms with van der Waals surface area (Å²) in [6.07, 6.45) is 0.821. The van der Waals surface area contributed by atoms with Crippen molar-refractivity contribution in [2.75, 3.05) is 13.7 Å². The lowest BCUT2D eigenvalue weighted by molar-refractivity contribution is -0.150. The van der Waals surface area contributed by atoms with Gasteiger partial charge in [0, 0.05) is 0 Å². The average Bonchev–Trinajstić information content (AvgIpc) is 3.39. The van der Waals surface area contributed by atoms with Gasteiger partial charge in [0.05, 0.1) is 43.4 Å². The number of furan rings is 1. The summed E-state index contributed by atoms with van der Waals surface area (Å²) in [6.45, 7) is 3.68. The summed E-state index contributed by atoms with van der Waals surface area (Å²) in [5, 5.41) is 5.73. The Bertz CT molecular complexity index is 1810. The predicted octanol–water partition coefficient (Wildman–Crippen LogP) is 6.24. The van der Waals surface area contributed by atoms with Gasteiger partial charge in [0.25, 0.3) is 5.56 Å². The van der Waals surface area contributed by atoms with Gasteiger partial charge in [0.1, 0.15) is 17.1 Å². The van der Waals surface area contributed by atoms with Crippen molar-refractivity contribution in [1.29, 1.82) is 0 Å². The fourth-order valence-corrected chi connectivity index (χ4v) is 6.16. The first-order valence-electron chi connectivity index (χ1n) is 12.3. The van der Waals surface area contributed by atoms with E-state index in [-0.39, 0.29) is 18.0 Å². The summed E-state index contributed by atoms with van der Waals surface area (Å²) in [7, 11) is 1.59. The van der Waals surface area contributed by atoms with Gasteiger partial charge in [-0.3, -0.25) is 4.79 Å². The zero-order valence-electron chi connectivity index (χ0n) is 21.7. The molecule has 5 rings (SSSR count). The Morgan fingerprint density at radius 2 is 1.85 bits per heavy atom. The number of hydrogen-bond donors (Lipinski definition) is 0. The van der Waals surface area contributed by atoms with Gasteiger partial charge in [-0.2, -0.15) is 9.78 Å². The maximum Gasteiger partial charge on any atom is 0.347 e. The molecule has 3 aromatic carbocycles. The molecular weight excluding hydrogens is 740 g/mol. The quantitative estimate of drug-likeness (QED) is 0.105. The standard InChI is InChI=1S/C29H23I2N3O6/c1-4-38-29(36)16(2)39-26-20(30)12-17(13-21(26)31)15-32-34-27(33-22-9-6-5-8-18(22)28(34)35)25-14-19-23(37-3)10-7-11-24(19)40-25/h5-16H,4H2,1-3H3/t16-/m1/s1. The third-order valence-electron chi connectivity index (χ3n) is 5.97. The SMILES string of the molecule is CCOC(=O)[C@@H](C)Oc1c(I)cc(C=Nn2c(-c3cc4c(OC)cccc4o3)nc3ccccc3c2=O)cc1I. The van der Waals surface area contributed by atoms with Gasteiger partial charge in [0.2, 0.25) is 5.82 Å². The number of benzene rings is 3. The van der Waals surface area contributed by atoms with Gasteiger partial charge in [-0.1, -0.05) is 18.2 Å². The highest BCUT2D eigenvalue weighted by Gasteiger charge is 2.20. The molecule has 0 radical (unpaired) electrons. The largest absolute Gasteiger partial charge is 0.496 e. The van der Waals surface area contributed by atoms with Crippen molar-refractivity contribution in [3.63, 3.8) is 0 Å². The molecule has 1 atom stereocenters. The number of ether oxygens (including phenoxy) is 3. The van der Waals surface area contributed by atoms with E-state index in [0.29, 0.717) is 33.7 Å². The van der Waals surface area contributed by atoms with Gasteiger partial charge >= 0.3 is 5.97 Å². The minimum absolute atomic E-state index is 0.255. The number of carbonyl (C=O) groups excluding carboxylic acids is 1. The first-order valence-corrected chi connectivity index (χ1v) is 14.4. The molecule has 2 aromatic heterocycles. The lowest BCUT2D eigenvalue weighted by Crippen LogP contribution is -2.26. The molecule has 0 unspecified atom stereocenters. The van der Waals surface area contributed by atoms with Crippen LogP contribution in [0.3, 0.4) is 0 Å². The van der Waals surface area contributed by atoms with Crippen molar-refractivity contribution >= 4 is 79.2 Å². The van der Waals surface area contributed by atoms with E-state index in [1.165, 1.54) is 4.68 Å². The van der Waals surface area contributed by atoms with Gasteiger partial charge in [-0.05, 0) is 107 Å². The smallest absolute Gasteiger partial charge is 0.347 e. The van der Waals surface area contributed by atoms with Gasteiger partial charge in [-0.15, -0.1) is 0 Å². The molecule has 0 amide bonds. The van der Waals surface area contributed by atoms with Crippen LogP contribution in [0.2, 0.25) is 0 Å². The molecule has 0 saturated heterocycles. The molecule has 204 valence electrons. The fraction of sp³-hybridized carbons (Fsp3) is 0.172. The third-order valence-corrected chi connectivity index (χ3v) is 7.57. The molecule has 40 heavy (non-hydrogen) atoms. The number of methoxy groups -OCH3 is 1. The number of fused-ring (bicyclic) bond motifs is 2. The Hall–Kier alpha value is -3.46. The second-order valence-corrected chi connectivity index (χ2v) is 10.9. The molecule has 0 spiro atoms.